The molecule has 1 N–H and O–H groups in total. The third-order valence-corrected chi connectivity index (χ3v) is 3.14. The monoisotopic (exact) mass is 192 g/mol. The average molecular weight is 192 g/mol. The molecule has 2 heteroatoms. The smallest absolute Gasteiger partial charge is 0.0335 e. The van der Waals surface area contributed by atoms with E-state index in [4.69, 9.17) is 0 Å². The maximum absolute atomic E-state index is 3.40. The van der Waals surface area contributed by atoms with E-state index in [1.165, 1.54) is 31.2 Å². The fourth-order valence-electron chi connectivity index (χ4n) is 2.44. The lowest BCUT2D eigenvalue weighted by atomic mass is 9.91. The maximum Gasteiger partial charge on any atom is 0.0335 e. The van der Waals surface area contributed by atoms with Crippen LogP contribution >= 0.6 is 0 Å². The van der Waals surface area contributed by atoms with E-state index in [0.29, 0.717) is 6.04 Å². The summed E-state index contributed by atoms with van der Waals surface area (Å²) in [6.07, 6.45) is 9.78. The highest BCUT2D eigenvalue weighted by Gasteiger charge is 2.20. The molecule has 0 bridgehead atoms. The predicted molar refractivity (Wildman–Crippen MR) is 59.5 cm³/mol. The van der Waals surface area contributed by atoms with E-state index in [9.17, 15) is 0 Å². The normalized spacial score (nSPS) is 20.9. The number of nitrogens with zero attached hydrogens (tertiary/aromatic N) is 1. The van der Waals surface area contributed by atoms with Crippen LogP contribution in [-0.2, 0) is 13.0 Å². The first-order valence-corrected chi connectivity index (χ1v) is 5.71. The minimum Gasteiger partial charge on any atom is -0.354 e. The zero-order valence-corrected chi connectivity index (χ0v) is 9.21. The number of aromatic nitrogens is 1. The van der Waals surface area contributed by atoms with Gasteiger partial charge in [0.25, 0.3) is 0 Å². The van der Waals surface area contributed by atoms with Crippen molar-refractivity contribution in [3.8, 4) is 0 Å². The number of nitrogens with one attached hydrogen (secondary N) is 1. The molecule has 78 valence electrons. The Balaban J connectivity index is 2.24. The summed E-state index contributed by atoms with van der Waals surface area (Å²) in [6.45, 7) is 3.39. The molecular formula is C12H20N2. The Hall–Kier alpha value is -0.760. The van der Waals surface area contributed by atoms with Crippen LogP contribution in [0.15, 0.2) is 12.4 Å². The molecule has 0 saturated heterocycles. The van der Waals surface area contributed by atoms with Crippen molar-refractivity contribution in [1.29, 1.82) is 0 Å². The van der Waals surface area contributed by atoms with Crippen LogP contribution in [0.1, 0.15) is 43.4 Å². The van der Waals surface area contributed by atoms with Crippen molar-refractivity contribution < 1.29 is 0 Å². The Morgan fingerprint density at radius 1 is 1.50 bits per heavy atom. The molecular weight excluding hydrogens is 172 g/mol. The summed E-state index contributed by atoms with van der Waals surface area (Å²) in [7, 11) is 2.07. The molecule has 1 aliphatic rings. The van der Waals surface area contributed by atoms with Crippen molar-refractivity contribution in [2.45, 2.75) is 45.2 Å². The molecule has 2 nitrogen and oxygen atoms in total. The molecule has 1 aromatic rings. The SMILES string of the molecule is CCCn1cc2c(c1)C(NC)CCC2. The van der Waals surface area contributed by atoms with Crippen LogP contribution in [0.25, 0.3) is 0 Å². The van der Waals surface area contributed by atoms with Crippen molar-refractivity contribution >= 4 is 0 Å². The summed E-state index contributed by atoms with van der Waals surface area (Å²) >= 11 is 0. The van der Waals surface area contributed by atoms with E-state index >= 15 is 0 Å². The first-order valence-electron chi connectivity index (χ1n) is 5.71. The predicted octanol–water partition coefficient (Wildman–Crippen LogP) is 2.49. The summed E-state index contributed by atoms with van der Waals surface area (Å²) in [5.41, 5.74) is 3.09. The molecule has 1 unspecified atom stereocenters. The summed E-state index contributed by atoms with van der Waals surface area (Å²) in [5.74, 6) is 0. The largest absolute Gasteiger partial charge is 0.354 e. The molecule has 2 rings (SSSR count). The van der Waals surface area contributed by atoms with E-state index in [1.54, 1.807) is 5.56 Å². The van der Waals surface area contributed by atoms with Gasteiger partial charge < -0.3 is 9.88 Å². The van der Waals surface area contributed by atoms with Crippen LogP contribution in [0.2, 0.25) is 0 Å². The van der Waals surface area contributed by atoms with Crippen LogP contribution < -0.4 is 5.32 Å². The highest BCUT2D eigenvalue weighted by Crippen LogP contribution is 2.30. The lowest BCUT2D eigenvalue weighted by Gasteiger charge is -2.21. The number of hydrogen-bond donors (Lipinski definition) is 1. The van der Waals surface area contributed by atoms with Crippen LogP contribution in [0, 0.1) is 0 Å². The maximum atomic E-state index is 3.40. The Kier molecular flexibility index (Phi) is 2.92. The first kappa shape index (κ1) is 9.78. The van der Waals surface area contributed by atoms with Crippen molar-refractivity contribution in [1.82, 2.24) is 9.88 Å². The fourth-order valence-corrected chi connectivity index (χ4v) is 2.44. The Morgan fingerprint density at radius 3 is 3.07 bits per heavy atom. The summed E-state index contributed by atoms with van der Waals surface area (Å²) < 4.78 is 2.35. The minimum absolute atomic E-state index is 0.594. The van der Waals surface area contributed by atoms with Gasteiger partial charge in [-0.2, -0.15) is 0 Å². The van der Waals surface area contributed by atoms with Gasteiger partial charge in [0.1, 0.15) is 0 Å². The number of rotatable bonds is 3. The molecule has 0 spiro atoms. The first-order chi connectivity index (χ1) is 6.85. The van der Waals surface area contributed by atoms with E-state index < -0.39 is 0 Å². The minimum atomic E-state index is 0.594. The van der Waals surface area contributed by atoms with Gasteiger partial charge in [-0.25, -0.2) is 0 Å². The lowest BCUT2D eigenvalue weighted by molar-refractivity contribution is 0.498. The van der Waals surface area contributed by atoms with Gasteiger partial charge >= 0.3 is 0 Å². The van der Waals surface area contributed by atoms with Crippen molar-refractivity contribution in [3.05, 3.63) is 23.5 Å². The second kappa shape index (κ2) is 4.18. The number of hydrogen-bond acceptors (Lipinski definition) is 1. The van der Waals surface area contributed by atoms with Crippen LogP contribution in [-0.4, -0.2) is 11.6 Å². The van der Waals surface area contributed by atoms with Crippen molar-refractivity contribution in [3.63, 3.8) is 0 Å². The van der Waals surface area contributed by atoms with Gasteiger partial charge in [0.05, 0.1) is 0 Å². The molecule has 1 aromatic heterocycles. The third kappa shape index (κ3) is 1.71. The van der Waals surface area contributed by atoms with Crippen molar-refractivity contribution in [2.24, 2.45) is 0 Å². The molecule has 1 aliphatic carbocycles. The molecule has 0 saturated carbocycles. The van der Waals surface area contributed by atoms with Gasteiger partial charge in [-0.3, -0.25) is 0 Å². The van der Waals surface area contributed by atoms with Gasteiger partial charge in [0, 0.05) is 25.0 Å². The standard InChI is InChI=1S/C12H20N2/c1-3-7-14-8-10-5-4-6-12(13-2)11(10)9-14/h8-9,12-13H,3-7H2,1-2H3. The highest BCUT2D eigenvalue weighted by molar-refractivity contribution is 5.30. The molecule has 0 aromatic carbocycles. The van der Waals surface area contributed by atoms with Gasteiger partial charge in [0.2, 0.25) is 0 Å². The number of aryl methyl sites for hydroxylation is 2. The van der Waals surface area contributed by atoms with E-state index in [0.717, 1.165) is 6.54 Å². The topological polar surface area (TPSA) is 17.0 Å². The molecule has 0 aliphatic heterocycles. The van der Waals surface area contributed by atoms with E-state index in [1.807, 2.05) is 0 Å². The summed E-state index contributed by atoms with van der Waals surface area (Å²) in [4.78, 5) is 0. The summed E-state index contributed by atoms with van der Waals surface area (Å²) in [6, 6.07) is 0.594. The molecule has 0 amide bonds. The van der Waals surface area contributed by atoms with Crippen molar-refractivity contribution in [2.75, 3.05) is 7.05 Å². The van der Waals surface area contributed by atoms with Crippen LogP contribution in [0.3, 0.4) is 0 Å². The summed E-state index contributed by atoms with van der Waals surface area (Å²) in [5, 5.41) is 3.40. The lowest BCUT2D eigenvalue weighted by Crippen LogP contribution is -2.20. The third-order valence-electron chi connectivity index (χ3n) is 3.14. The van der Waals surface area contributed by atoms with Gasteiger partial charge in [-0.15, -0.1) is 0 Å². The number of fused-ring (bicyclic) bond motifs is 1. The highest BCUT2D eigenvalue weighted by atomic mass is 15.0. The quantitative estimate of drug-likeness (QED) is 0.778. The van der Waals surface area contributed by atoms with E-state index in [2.05, 4.69) is 36.2 Å². The molecule has 0 fully saturated rings. The Bertz CT molecular complexity index is 301. The fraction of sp³-hybridized carbons (Fsp3) is 0.667. The molecule has 0 radical (unpaired) electrons. The second-order valence-electron chi connectivity index (χ2n) is 4.21. The van der Waals surface area contributed by atoms with Crippen LogP contribution in [0.4, 0.5) is 0 Å². The Labute approximate surface area is 86.3 Å². The zero-order valence-electron chi connectivity index (χ0n) is 9.21. The average Bonchev–Trinajstić information content (AvgIpc) is 2.60. The second-order valence-corrected chi connectivity index (χ2v) is 4.21. The van der Waals surface area contributed by atoms with Gasteiger partial charge in [-0.05, 0) is 43.9 Å². The molecule has 1 heterocycles. The molecule has 14 heavy (non-hydrogen) atoms. The molecule has 1 atom stereocenters. The van der Waals surface area contributed by atoms with E-state index in [-0.39, 0.29) is 0 Å². The van der Waals surface area contributed by atoms with Crippen LogP contribution in [0.5, 0.6) is 0 Å². The zero-order chi connectivity index (χ0) is 9.97. The Morgan fingerprint density at radius 2 is 2.36 bits per heavy atom. The van der Waals surface area contributed by atoms with Gasteiger partial charge in [0.15, 0.2) is 0 Å². The van der Waals surface area contributed by atoms with Gasteiger partial charge in [-0.1, -0.05) is 6.92 Å².